The number of aliphatic hydroxyl groups excluding tert-OH is 1. The molecule has 1 aliphatic carbocycles. The van der Waals surface area contributed by atoms with Gasteiger partial charge in [0.05, 0.1) is 40.1 Å². The number of pyridine rings is 1. The van der Waals surface area contributed by atoms with Crippen LogP contribution < -0.4 is 14.2 Å². The zero-order chi connectivity index (χ0) is 21.1. The molecule has 0 bridgehead atoms. The Bertz CT molecular complexity index is 930. The van der Waals surface area contributed by atoms with Gasteiger partial charge < -0.3 is 24.1 Å². The van der Waals surface area contributed by atoms with Gasteiger partial charge in [-0.1, -0.05) is 6.07 Å². The van der Waals surface area contributed by atoms with E-state index in [1.165, 1.54) is 5.56 Å². The first-order valence-corrected chi connectivity index (χ1v) is 10.3. The lowest BCUT2D eigenvalue weighted by atomic mass is 9.75. The summed E-state index contributed by atoms with van der Waals surface area (Å²) in [5.74, 6) is 2.86. The second kappa shape index (κ2) is 8.92. The molecule has 3 atom stereocenters. The van der Waals surface area contributed by atoms with Gasteiger partial charge in [0.2, 0.25) is 11.8 Å². The van der Waals surface area contributed by atoms with Gasteiger partial charge in [-0.3, -0.25) is 0 Å². The van der Waals surface area contributed by atoms with Gasteiger partial charge >= 0.3 is 0 Å². The molecule has 0 saturated heterocycles. The Balaban J connectivity index is 1.54. The Morgan fingerprint density at radius 2 is 1.93 bits per heavy atom. The maximum atomic E-state index is 10.2. The van der Waals surface area contributed by atoms with Crippen molar-refractivity contribution < 1.29 is 24.1 Å². The third-order valence-corrected chi connectivity index (χ3v) is 5.92. The first kappa shape index (κ1) is 20.5. The van der Waals surface area contributed by atoms with Gasteiger partial charge in [-0.15, -0.1) is 0 Å². The minimum absolute atomic E-state index is 0.140. The summed E-state index contributed by atoms with van der Waals surface area (Å²) in [6, 6.07) is 7.93. The maximum Gasteiger partial charge on any atom is 0.216 e. The number of hydrogen-bond donors (Lipinski definition) is 1. The van der Waals surface area contributed by atoms with E-state index in [2.05, 4.69) is 11.1 Å². The number of aliphatic imine (C=N–C) groups is 1. The van der Waals surface area contributed by atoms with Crippen LogP contribution in [0.1, 0.15) is 41.9 Å². The van der Waals surface area contributed by atoms with E-state index in [9.17, 15) is 5.11 Å². The Kier molecular flexibility index (Phi) is 6.08. The minimum Gasteiger partial charge on any atom is -0.497 e. The molecule has 1 aliphatic heterocycles. The lowest BCUT2D eigenvalue weighted by molar-refractivity contribution is 0.109. The first-order valence-electron chi connectivity index (χ1n) is 10.3. The van der Waals surface area contributed by atoms with E-state index >= 15 is 0 Å². The van der Waals surface area contributed by atoms with Crippen LogP contribution in [0.25, 0.3) is 0 Å². The van der Waals surface area contributed by atoms with Crippen molar-refractivity contribution in [2.75, 3.05) is 27.9 Å². The number of nitrogens with zero attached hydrogens (tertiary/aromatic N) is 2. The molecule has 1 N–H and O–H groups in total. The lowest BCUT2D eigenvalue weighted by Gasteiger charge is -2.36. The van der Waals surface area contributed by atoms with Crippen LogP contribution in [0.5, 0.6) is 17.4 Å². The molecule has 1 fully saturated rings. The minimum atomic E-state index is -0.270. The number of aliphatic hydroxyl groups is 1. The molecular weight excluding hydrogens is 384 g/mol. The second-order valence-electron chi connectivity index (χ2n) is 7.67. The Hall–Kier alpha value is -2.80. The normalized spacial score (nSPS) is 22.4. The molecule has 4 rings (SSSR count). The third-order valence-electron chi connectivity index (χ3n) is 5.92. The van der Waals surface area contributed by atoms with Crippen LogP contribution in [-0.4, -0.2) is 56.1 Å². The summed E-state index contributed by atoms with van der Waals surface area (Å²) in [5.41, 5.74) is 3.07. The fourth-order valence-corrected chi connectivity index (χ4v) is 4.32. The summed E-state index contributed by atoms with van der Waals surface area (Å²) >= 11 is 0. The van der Waals surface area contributed by atoms with E-state index in [0.717, 1.165) is 41.9 Å². The number of hydrogen-bond acceptors (Lipinski definition) is 7. The van der Waals surface area contributed by atoms with Crippen LogP contribution in [0.15, 0.2) is 35.5 Å². The van der Waals surface area contributed by atoms with Crippen molar-refractivity contribution in [3.8, 4) is 17.4 Å². The molecule has 1 saturated carbocycles. The van der Waals surface area contributed by atoms with E-state index < -0.39 is 0 Å². The molecule has 0 radical (unpaired) electrons. The predicted molar refractivity (Wildman–Crippen MR) is 113 cm³/mol. The molecule has 7 heteroatoms. The van der Waals surface area contributed by atoms with E-state index in [4.69, 9.17) is 23.9 Å². The quantitative estimate of drug-likeness (QED) is 0.785. The molecule has 2 heterocycles. The average Bonchev–Trinajstić information content (AvgIpc) is 2.79. The molecule has 160 valence electrons. The van der Waals surface area contributed by atoms with Crippen LogP contribution in [0.2, 0.25) is 0 Å². The van der Waals surface area contributed by atoms with Crippen LogP contribution in [-0.2, 0) is 11.2 Å². The van der Waals surface area contributed by atoms with E-state index in [1.807, 2.05) is 12.1 Å². The summed E-state index contributed by atoms with van der Waals surface area (Å²) in [5, 5.41) is 10.2. The summed E-state index contributed by atoms with van der Waals surface area (Å²) in [4.78, 5) is 9.18. The van der Waals surface area contributed by atoms with Crippen molar-refractivity contribution in [3.63, 3.8) is 0 Å². The number of benzene rings is 1. The van der Waals surface area contributed by atoms with E-state index in [1.54, 1.807) is 33.6 Å². The third kappa shape index (κ3) is 4.07. The predicted octanol–water partition coefficient (Wildman–Crippen LogP) is 3.12. The summed E-state index contributed by atoms with van der Waals surface area (Å²) in [6.07, 6.45) is 4.48. The zero-order valence-corrected chi connectivity index (χ0v) is 17.6. The first-order chi connectivity index (χ1) is 14.6. The van der Waals surface area contributed by atoms with Gasteiger partial charge in [0.1, 0.15) is 11.5 Å². The van der Waals surface area contributed by atoms with Gasteiger partial charge in [0, 0.05) is 35.7 Å². The van der Waals surface area contributed by atoms with Gasteiger partial charge in [-0.05, 0) is 37.0 Å². The molecule has 0 amide bonds. The monoisotopic (exact) mass is 412 g/mol. The van der Waals surface area contributed by atoms with Gasteiger partial charge in [0.25, 0.3) is 0 Å². The van der Waals surface area contributed by atoms with E-state index in [0.29, 0.717) is 24.8 Å². The van der Waals surface area contributed by atoms with Crippen molar-refractivity contribution in [2.24, 2.45) is 4.99 Å². The number of rotatable bonds is 6. The highest BCUT2D eigenvalue weighted by atomic mass is 16.5. The van der Waals surface area contributed by atoms with Crippen LogP contribution >= 0.6 is 0 Å². The Morgan fingerprint density at radius 3 is 2.70 bits per heavy atom. The van der Waals surface area contributed by atoms with Crippen molar-refractivity contribution in [1.82, 2.24) is 4.98 Å². The fraction of sp³-hybridized carbons (Fsp3) is 0.478. The zero-order valence-electron chi connectivity index (χ0n) is 17.6. The van der Waals surface area contributed by atoms with Crippen LogP contribution in [0.3, 0.4) is 0 Å². The maximum absolute atomic E-state index is 10.2. The van der Waals surface area contributed by atoms with Crippen molar-refractivity contribution in [1.29, 1.82) is 0 Å². The highest BCUT2D eigenvalue weighted by molar-refractivity contribution is 5.97. The molecule has 2 aromatic rings. The number of methoxy groups -OCH3 is 3. The highest BCUT2D eigenvalue weighted by Crippen LogP contribution is 2.41. The molecule has 0 spiro atoms. The second-order valence-corrected chi connectivity index (χ2v) is 7.67. The Morgan fingerprint density at radius 1 is 1.07 bits per heavy atom. The topological polar surface area (TPSA) is 82.4 Å². The highest BCUT2D eigenvalue weighted by Gasteiger charge is 2.36. The summed E-state index contributed by atoms with van der Waals surface area (Å²) in [6.45, 7) is 0.444. The average molecular weight is 412 g/mol. The molecule has 7 nitrogen and oxygen atoms in total. The number of fused-ring (bicyclic) bond motifs is 3. The summed E-state index contributed by atoms with van der Waals surface area (Å²) < 4.78 is 22.2. The fourth-order valence-electron chi connectivity index (χ4n) is 4.32. The molecule has 30 heavy (non-hydrogen) atoms. The van der Waals surface area contributed by atoms with E-state index in [-0.39, 0.29) is 18.1 Å². The molecule has 1 aromatic heterocycles. The number of ether oxygens (including phenoxy) is 4. The molecule has 1 aromatic carbocycles. The van der Waals surface area contributed by atoms with Crippen molar-refractivity contribution >= 4 is 5.90 Å². The largest absolute Gasteiger partial charge is 0.497 e. The number of aromatic nitrogens is 1. The van der Waals surface area contributed by atoms with Crippen molar-refractivity contribution in [2.45, 2.75) is 43.7 Å². The van der Waals surface area contributed by atoms with Crippen LogP contribution in [0.4, 0.5) is 0 Å². The smallest absolute Gasteiger partial charge is 0.216 e. The lowest BCUT2D eigenvalue weighted by Crippen LogP contribution is -2.34. The SMILES string of the molecule is COc1ccc2c(c1)C(OCCc1cnc(OC)cc1OC)=N[C@@H]1CC[C@@H](O)C[C@H]21. The van der Waals surface area contributed by atoms with Gasteiger partial charge in [-0.2, -0.15) is 0 Å². The summed E-state index contributed by atoms with van der Waals surface area (Å²) in [7, 11) is 4.86. The molecular formula is C23H28N2O5. The Labute approximate surface area is 176 Å². The standard InChI is InChI=1S/C23H28N2O5/c1-27-16-5-6-17-18-10-15(26)4-7-20(18)25-23(19(17)11-16)30-9-8-14-13-24-22(29-3)12-21(14)28-2/h5-6,11-13,15,18,20,26H,4,7-10H2,1-3H3/t15-,18-,20-/m1/s1. The van der Waals surface area contributed by atoms with Crippen molar-refractivity contribution in [3.05, 3.63) is 47.2 Å². The molecule has 0 unspecified atom stereocenters. The van der Waals surface area contributed by atoms with Gasteiger partial charge in [0.15, 0.2) is 0 Å². The molecule has 2 aliphatic rings. The van der Waals surface area contributed by atoms with Crippen LogP contribution in [0, 0.1) is 0 Å². The van der Waals surface area contributed by atoms with Gasteiger partial charge in [-0.25, -0.2) is 9.98 Å².